The molecule has 1 fully saturated rings. The molecule has 122 valence electrons. The van der Waals surface area contributed by atoms with Gasteiger partial charge in [0.2, 0.25) is 0 Å². The van der Waals surface area contributed by atoms with Crippen LogP contribution in [0.2, 0.25) is 0 Å². The lowest BCUT2D eigenvalue weighted by molar-refractivity contribution is -0.138. The Labute approximate surface area is 125 Å². The van der Waals surface area contributed by atoms with Crippen molar-refractivity contribution in [3.05, 3.63) is 29.3 Å². The van der Waals surface area contributed by atoms with E-state index < -0.39 is 11.7 Å². The Hall–Kier alpha value is -1.23. The maximum absolute atomic E-state index is 12.8. The molecule has 0 saturated carbocycles. The Morgan fingerprint density at radius 3 is 2.00 bits per heavy atom. The molecule has 1 saturated heterocycles. The zero-order chi connectivity index (χ0) is 16.5. The molecule has 2 nitrogen and oxygen atoms in total. The van der Waals surface area contributed by atoms with Crippen LogP contribution in [0.5, 0.6) is 0 Å². The summed E-state index contributed by atoms with van der Waals surface area (Å²) in [5, 5.41) is 0. The van der Waals surface area contributed by atoms with E-state index in [0.29, 0.717) is 32.0 Å². The van der Waals surface area contributed by atoms with Crippen molar-refractivity contribution in [3.63, 3.8) is 0 Å². The molecule has 0 amide bonds. The van der Waals surface area contributed by atoms with Gasteiger partial charge in [0.15, 0.2) is 0 Å². The quantitative estimate of drug-likeness (QED) is 0.731. The van der Waals surface area contributed by atoms with Crippen LogP contribution >= 0.6 is 0 Å². The molecule has 0 atom stereocenters. The molecule has 21 heavy (non-hydrogen) atoms. The summed E-state index contributed by atoms with van der Waals surface area (Å²) in [5.41, 5.74) is 0.322. The summed E-state index contributed by atoms with van der Waals surface area (Å²) < 4.78 is 43.4. The van der Waals surface area contributed by atoms with Gasteiger partial charge >= 0.3 is 6.18 Å². The van der Waals surface area contributed by atoms with Crippen LogP contribution in [0, 0.1) is 6.92 Å². The summed E-state index contributed by atoms with van der Waals surface area (Å²) in [4.78, 5) is 1.91. The van der Waals surface area contributed by atoms with E-state index in [9.17, 15) is 13.2 Å². The third-order valence-electron chi connectivity index (χ3n) is 2.90. The lowest BCUT2D eigenvalue weighted by Gasteiger charge is -2.29. The van der Waals surface area contributed by atoms with Gasteiger partial charge in [0.05, 0.1) is 18.8 Å². The highest BCUT2D eigenvalue weighted by atomic mass is 19.4. The van der Waals surface area contributed by atoms with Crippen molar-refractivity contribution >= 4 is 5.69 Å². The van der Waals surface area contributed by atoms with Crippen LogP contribution in [-0.4, -0.2) is 26.3 Å². The number of aryl methyl sites for hydroxylation is 1. The zero-order valence-electron chi connectivity index (χ0n) is 13.5. The van der Waals surface area contributed by atoms with E-state index in [1.165, 1.54) is 19.1 Å². The van der Waals surface area contributed by atoms with Crippen molar-refractivity contribution in [2.45, 2.75) is 40.8 Å². The standard InChI is InChI=1S/C12H14F3NO.2C2H6/c1-9-2-3-10(8-11(9)12(13,14)15)16-4-6-17-7-5-16;2*1-2/h2-3,8H,4-7H2,1H3;2*1-2H3. The Bertz CT molecular complexity index is 399. The third kappa shape index (κ3) is 5.96. The summed E-state index contributed by atoms with van der Waals surface area (Å²) in [7, 11) is 0. The minimum Gasteiger partial charge on any atom is -0.378 e. The van der Waals surface area contributed by atoms with E-state index in [-0.39, 0.29) is 5.56 Å². The molecule has 0 aromatic heterocycles. The summed E-state index contributed by atoms with van der Waals surface area (Å²) in [6.45, 7) is 11.9. The highest BCUT2D eigenvalue weighted by Gasteiger charge is 2.32. The van der Waals surface area contributed by atoms with Gasteiger partial charge in [-0.2, -0.15) is 13.2 Å². The van der Waals surface area contributed by atoms with Gasteiger partial charge in [-0.1, -0.05) is 33.8 Å². The van der Waals surface area contributed by atoms with Gasteiger partial charge in [-0.25, -0.2) is 0 Å². The Balaban J connectivity index is 0.000000921. The molecule has 0 unspecified atom stereocenters. The second-order valence-electron chi connectivity index (χ2n) is 4.10. The molecule has 2 rings (SSSR count). The average molecular weight is 305 g/mol. The highest BCUT2D eigenvalue weighted by Crippen LogP contribution is 2.34. The first kappa shape index (κ1) is 19.8. The predicted octanol–water partition coefficient (Wildman–Crippen LogP) is 4.90. The minimum absolute atomic E-state index is 0.259. The molecular formula is C16H26F3NO. The Morgan fingerprint density at radius 1 is 1.00 bits per heavy atom. The predicted molar refractivity (Wildman–Crippen MR) is 81.9 cm³/mol. The van der Waals surface area contributed by atoms with Gasteiger partial charge in [0.1, 0.15) is 0 Å². The lowest BCUT2D eigenvalue weighted by atomic mass is 10.1. The summed E-state index contributed by atoms with van der Waals surface area (Å²) in [6, 6.07) is 4.48. The van der Waals surface area contributed by atoms with E-state index >= 15 is 0 Å². The molecule has 5 heteroatoms. The third-order valence-corrected chi connectivity index (χ3v) is 2.90. The van der Waals surface area contributed by atoms with Gasteiger partial charge in [-0.15, -0.1) is 0 Å². The molecule has 0 aliphatic carbocycles. The second-order valence-corrected chi connectivity index (χ2v) is 4.10. The molecule has 0 N–H and O–H groups in total. The van der Waals surface area contributed by atoms with E-state index in [2.05, 4.69) is 0 Å². The topological polar surface area (TPSA) is 12.5 Å². The molecular weight excluding hydrogens is 279 g/mol. The van der Waals surface area contributed by atoms with E-state index in [1.807, 2.05) is 32.6 Å². The number of anilines is 1. The molecule has 1 aliphatic heterocycles. The van der Waals surface area contributed by atoms with Gasteiger partial charge in [-0.05, 0) is 24.6 Å². The molecule has 0 spiro atoms. The fraction of sp³-hybridized carbons (Fsp3) is 0.625. The van der Waals surface area contributed by atoms with Crippen molar-refractivity contribution < 1.29 is 17.9 Å². The molecule has 1 aromatic rings. The molecule has 1 aliphatic rings. The van der Waals surface area contributed by atoms with Crippen LogP contribution in [0.4, 0.5) is 18.9 Å². The first-order valence-electron chi connectivity index (χ1n) is 7.49. The SMILES string of the molecule is CC.CC.Cc1ccc(N2CCOCC2)cc1C(F)(F)F. The number of hydrogen-bond donors (Lipinski definition) is 0. The molecule has 1 aromatic carbocycles. The maximum atomic E-state index is 12.8. The van der Waals surface area contributed by atoms with Crippen LogP contribution in [0.1, 0.15) is 38.8 Å². The van der Waals surface area contributed by atoms with Gasteiger partial charge in [-0.3, -0.25) is 0 Å². The summed E-state index contributed by atoms with van der Waals surface area (Å²) in [5.74, 6) is 0. The number of nitrogens with zero attached hydrogens (tertiary/aromatic N) is 1. The van der Waals surface area contributed by atoms with Crippen molar-refractivity contribution in [2.24, 2.45) is 0 Å². The van der Waals surface area contributed by atoms with Crippen LogP contribution in [0.3, 0.4) is 0 Å². The van der Waals surface area contributed by atoms with Crippen LogP contribution in [0.15, 0.2) is 18.2 Å². The highest BCUT2D eigenvalue weighted by molar-refractivity contribution is 5.52. The van der Waals surface area contributed by atoms with E-state index in [4.69, 9.17) is 4.74 Å². The van der Waals surface area contributed by atoms with Crippen molar-refractivity contribution in [1.82, 2.24) is 0 Å². The van der Waals surface area contributed by atoms with Crippen LogP contribution in [-0.2, 0) is 10.9 Å². The second kappa shape index (κ2) is 9.66. The average Bonchev–Trinajstić information content (AvgIpc) is 2.51. The fourth-order valence-corrected chi connectivity index (χ4v) is 1.93. The Kier molecular flexibility index (Phi) is 9.09. The largest absolute Gasteiger partial charge is 0.416 e. The van der Waals surface area contributed by atoms with Crippen LogP contribution < -0.4 is 4.90 Å². The normalized spacial score (nSPS) is 14.6. The smallest absolute Gasteiger partial charge is 0.378 e. The summed E-state index contributed by atoms with van der Waals surface area (Å²) in [6.07, 6.45) is -4.29. The van der Waals surface area contributed by atoms with E-state index in [1.54, 1.807) is 6.07 Å². The fourth-order valence-electron chi connectivity index (χ4n) is 1.93. The lowest BCUT2D eigenvalue weighted by Crippen LogP contribution is -2.36. The number of benzene rings is 1. The number of ether oxygens (including phenoxy) is 1. The van der Waals surface area contributed by atoms with Crippen molar-refractivity contribution in [3.8, 4) is 0 Å². The van der Waals surface area contributed by atoms with Gasteiger partial charge in [0, 0.05) is 18.8 Å². The summed E-state index contributed by atoms with van der Waals surface area (Å²) >= 11 is 0. The van der Waals surface area contributed by atoms with Gasteiger partial charge in [0.25, 0.3) is 0 Å². The molecule has 1 heterocycles. The number of rotatable bonds is 1. The van der Waals surface area contributed by atoms with Crippen molar-refractivity contribution in [2.75, 3.05) is 31.2 Å². The zero-order valence-corrected chi connectivity index (χ0v) is 13.5. The molecule has 0 radical (unpaired) electrons. The van der Waals surface area contributed by atoms with Crippen molar-refractivity contribution in [1.29, 1.82) is 0 Å². The van der Waals surface area contributed by atoms with Crippen LogP contribution in [0.25, 0.3) is 0 Å². The number of morpholine rings is 1. The van der Waals surface area contributed by atoms with Gasteiger partial charge < -0.3 is 9.64 Å². The Morgan fingerprint density at radius 2 is 1.52 bits per heavy atom. The number of halogens is 3. The monoisotopic (exact) mass is 305 g/mol. The maximum Gasteiger partial charge on any atom is 0.416 e. The minimum atomic E-state index is -4.29. The number of alkyl halides is 3. The first-order chi connectivity index (χ1) is 9.98. The molecule has 0 bridgehead atoms. The van der Waals surface area contributed by atoms with E-state index in [0.717, 1.165) is 0 Å². The first-order valence-corrected chi connectivity index (χ1v) is 7.49. The number of hydrogen-bond acceptors (Lipinski definition) is 2.